The predicted molar refractivity (Wildman–Crippen MR) is 74.6 cm³/mol. The van der Waals surface area contributed by atoms with Gasteiger partial charge in [-0.05, 0) is 36.8 Å². The van der Waals surface area contributed by atoms with E-state index >= 15 is 0 Å². The number of hydrogen-bond donors (Lipinski definition) is 1. The summed E-state index contributed by atoms with van der Waals surface area (Å²) in [6.07, 6.45) is 1.17. The molecular formula is C14H20N2O3. The summed E-state index contributed by atoms with van der Waals surface area (Å²) in [6, 6.07) is 5.14. The van der Waals surface area contributed by atoms with Crippen LogP contribution in [0.3, 0.4) is 0 Å². The molecule has 1 atom stereocenters. The van der Waals surface area contributed by atoms with Gasteiger partial charge in [0.15, 0.2) is 5.75 Å². The van der Waals surface area contributed by atoms with Crippen molar-refractivity contribution in [2.75, 3.05) is 18.5 Å². The number of nitro benzene ring substituents is 1. The molecule has 0 radical (unpaired) electrons. The highest BCUT2D eigenvalue weighted by atomic mass is 16.6. The highest BCUT2D eigenvalue weighted by molar-refractivity contribution is 5.68. The third-order valence-electron chi connectivity index (χ3n) is 3.74. The van der Waals surface area contributed by atoms with E-state index in [2.05, 4.69) is 19.2 Å². The number of benzene rings is 1. The molecule has 0 aliphatic heterocycles. The van der Waals surface area contributed by atoms with Crippen molar-refractivity contribution in [3.8, 4) is 5.75 Å². The number of rotatable bonds is 6. The first-order valence-electron chi connectivity index (χ1n) is 6.59. The third-order valence-corrected chi connectivity index (χ3v) is 3.74. The quantitative estimate of drug-likeness (QED) is 0.631. The summed E-state index contributed by atoms with van der Waals surface area (Å²) in [6.45, 7) is 7.43. The average Bonchev–Trinajstić information content (AvgIpc) is 2.94. The second-order valence-corrected chi connectivity index (χ2v) is 5.61. The fourth-order valence-corrected chi connectivity index (χ4v) is 2.28. The van der Waals surface area contributed by atoms with Gasteiger partial charge in [0.05, 0.1) is 11.5 Å². The van der Waals surface area contributed by atoms with Crippen LogP contribution in [0.25, 0.3) is 0 Å². The number of ether oxygens (including phenoxy) is 1. The minimum atomic E-state index is -0.384. The van der Waals surface area contributed by atoms with Gasteiger partial charge in [-0.15, -0.1) is 0 Å². The zero-order valence-corrected chi connectivity index (χ0v) is 11.6. The number of para-hydroxylation sites is 1. The molecule has 19 heavy (non-hydrogen) atoms. The van der Waals surface area contributed by atoms with Gasteiger partial charge in [0.2, 0.25) is 0 Å². The van der Waals surface area contributed by atoms with Crippen LogP contribution in [0.5, 0.6) is 5.75 Å². The first-order chi connectivity index (χ1) is 8.95. The van der Waals surface area contributed by atoms with E-state index in [1.807, 2.05) is 6.92 Å². The van der Waals surface area contributed by atoms with E-state index < -0.39 is 0 Å². The summed E-state index contributed by atoms with van der Waals surface area (Å²) in [5.41, 5.74) is 0.931. The minimum absolute atomic E-state index is 0.0304. The van der Waals surface area contributed by atoms with Crippen LogP contribution in [-0.4, -0.2) is 18.1 Å². The van der Waals surface area contributed by atoms with Crippen LogP contribution in [0.4, 0.5) is 11.4 Å². The van der Waals surface area contributed by atoms with Gasteiger partial charge in [-0.25, -0.2) is 0 Å². The lowest BCUT2D eigenvalue weighted by atomic mass is 10.1. The van der Waals surface area contributed by atoms with Crippen molar-refractivity contribution in [3.63, 3.8) is 0 Å². The van der Waals surface area contributed by atoms with Crippen molar-refractivity contribution in [3.05, 3.63) is 28.3 Å². The molecule has 104 valence electrons. The normalized spacial score (nSPS) is 19.8. The number of nitrogens with one attached hydrogen (secondary N) is 1. The van der Waals surface area contributed by atoms with Gasteiger partial charge in [-0.3, -0.25) is 10.1 Å². The highest BCUT2D eigenvalue weighted by Gasteiger charge is 2.45. The van der Waals surface area contributed by atoms with E-state index in [1.165, 1.54) is 6.42 Å². The Bertz CT molecular complexity index is 486. The van der Waals surface area contributed by atoms with Crippen LogP contribution < -0.4 is 10.1 Å². The summed E-state index contributed by atoms with van der Waals surface area (Å²) >= 11 is 0. The molecule has 0 amide bonds. The summed E-state index contributed by atoms with van der Waals surface area (Å²) < 4.78 is 5.32. The molecule has 1 unspecified atom stereocenters. The van der Waals surface area contributed by atoms with Crippen LogP contribution in [0, 0.1) is 21.4 Å². The Hall–Kier alpha value is -1.78. The average molecular weight is 264 g/mol. The monoisotopic (exact) mass is 264 g/mol. The van der Waals surface area contributed by atoms with Crippen molar-refractivity contribution in [2.45, 2.75) is 27.2 Å². The third kappa shape index (κ3) is 2.97. The summed E-state index contributed by atoms with van der Waals surface area (Å²) in [5, 5.41) is 14.4. The Morgan fingerprint density at radius 1 is 1.53 bits per heavy atom. The van der Waals surface area contributed by atoms with Gasteiger partial charge >= 0.3 is 5.69 Å². The SMILES string of the molecule is CCOc1cccc(NCC2CC2(C)C)c1[N+](=O)[O-]. The number of hydrogen-bond acceptors (Lipinski definition) is 4. The molecule has 0 spiro atoms. The molecule has 0 saturated heterocycles. The lowest BCUT2D eigenvalue weighted by Gasteiger charge is -2.11. The minimum Gasteiger partial charge on any atom is -0.487 e. The molecule has 2 rings (SSSR count). The van der Waals surface area contributed by atoms with Gasteiger partial charge in [-0.2, -0.15) is 0 Å². The maximum Gasteiger partial charge on any atom is 0.333 e. The summed E-state index contributed by atoms with van der Waals surface area (Å²) in [5.74, 6) is 0.912. The smallest absolute Gasteiger partial charge is 0.333 e. The Balaban J connectivity index is 2.14. The fourth-order valence-electron chi connectivity index (χ4n) is 2.28. The Labute approximate surface area is 113 Å². The molecule has 0 heterocycles. The van der Waals surface area contributed by atoms with Gasteiger partial charge < -0.3 is 10.1 Å². The van der Waals surface area contributed by atoms with Crippen LogP contribution in [0.2, 0.25) is 0 Å². The number of anilines is 1. The van der Waals surface area contributed by atoms with E-state index in [-0.39, 0.29) is 10.6 Å². The molecule has 1 aliphatic carbocycles. The maximum atomic E-state index is 11.2. The lowest BCUT2D eigenvalue weighted by Crippen LogP contribution is -2.09. The van der Waals surface area contributed by atoms with Crippen LogP contribution in [0.15, 0.2) is 18.2 Å². The first kappa shape index (κ1) is 13.6. The molecule has 0 bridgehead atoms. The van der Waals surface area contributed by atoms with Gasteiger partial charge in [0.25, 0.3) is 0 Å². The Morgan fingerprint density at radius 3 is 2.74 bits per heavy atom. The Kier molecular flexibility index (Phi) is 3.64. The van der Waals surface area contributed by atoms with Crippen LogP contribution in [0.1, 0.15) is 27.2 Å². The zero-order valence-electron chi connectivity index (χ0n) is 11.6. The topological polar surface area (TPSA) is 64.4 Å². The van der Waals surface area contributed by atoms with E-state index in [0.29, 0.717) is 29.4 Å². The van der Waals surface area contributed by atoms with Crippen molar-refractivity contribution in [1.82, 2.24) is 0 Å². The van der Waals surface area contributed by atoms with Crippen molar-refractivity contribution < 1.29 is 9.66 Å². The largest absolute Gasteiger partial charge is 0.487 e. The van der Waals surface area contributed by atoms with Crippen molar-refractivity contribution >= 4 is 11.4 Å². The molecule has 1 aliphatic rings. The molecule has 1 fully saturated rings. The van der Waals surface area contributed by atoms with Crippen molar-refractivity contribution in [2.24, 2.45) is 11.3 Å². The molecular weight excluding hydrogens is 244 g/mol. The van der Waals surface area contributed by atoms with Crippen LogP contribution >= 0.6 is 0 Å². The van der Waals surface area contributed by atoms with E-state index in [1.54, 1.807) is 18.2 Å². The van der Waals surface area contributed by atoms with Gasteiger partial charge in [0.1, 0.15) is 5.69 Å². The van der Waals surface area contributed by atoms with Gasteiger partial charge in [-0.1, -0.05) is 19.9 Å². The zero-order chi connectivity index (χ0) is 14.0. The standard InChI is InChI=1S/C14H20N2O3/c1-4-19-12-7-5-6-11(13(12)16(17)18)15-9-10-8-14(10,2)3/h5-7,10,15H,4,8-9H2,1-3H3. The Morgan fingerprint density at radius 2 is 2.21 bits per heavy atom. The molecule has 1 aromatic carbocycles. The lowest BCUT2D eigenvalue weighted by molar-refractivity contribution is -0.384. The first-order valence-corrected chi connectivity index (χ1v) is 6.59. The number of nitrogens with zero attached hydrogens (tertiary/aromatic N) is 1. The maximum absolute atomic E-state index is 11.2. The molecule has 5 heteroatoms. The summed E-state index contributed by atoms with van der Waals surface area (Å²) in [7, 11) is 0. The fraction of sp³-hybridized carbons (Fsp3) is 0.571. The predicted octanol–water partition coefficient (Wildman–Crippen LogP) is 3.45. The van der Waals surface area contributed by atoms with E-state index in [9.17, 15) is 10.1 Å². The number of nitro groups is 1. The van der Waals surface area contributed by atoms with Crippen LogP contribution in [-0.2, 0) is 0 Å². The second-order valence-electron chi connectivity index (χ2n) is 5.61. The second kappa shape index (κ2) is 5.07. The van der Waals surface area contributed by atoms with E-state index in [4.69, 9.17) is 4.74 Å². The molecule has 1 aromatic rings. The molecule has 0 aromatic heterocycles. The highest BCUT2D eigenvalue weighted by Crippen LogP contribution is 2.51. The van der Waals surface area contributed by atoms with E-state index in [0.717, 1.165) is 6.54 Å². The molecule has 1 saturated carbocycles. The van der Waals surface area contributed by atoms with Crippen molar-refractivity contribution in [1.29, 1.82) is 0 Å². The molecule has 1 N–H and O–H groups in total. The summed E-state index contributed by atoms with van der Waals surface area (Å²) in [4.78, 5) is 10.8. The van der Waals surface area contributed by atoms with Gasteiger partial charge in [0, 0.05) is 6.54 Å². The molecule has 5 nitrogen and oxygen atoms in total.